The number of aliphatic hydroxyl groups excluding tert-OH is 2. The Kier molecular flexibility index (Phi) is 3.84. The topological polar surface area (TPSA) is 81.0 Å². The molecule has 1 aliphatic rings. The Bertz CT molecular complexity index is 429. The van der Waals surface area contributed by atoms with Crippen molar-refractivity contribution in [3.63, 3.8) is 0 Å². The first-order valence-electron chi connectivity index (χ1n) is 5.98. The molecule has 0 aromatic heterocycles. The van der Waals surface area contributed by atoms with E-state index in [4.69, 9.17) is 10.2 Å². The Morgan fingerprint density at radius 1 is 1.39 bits per heavy atom. The molecule has 98 valence electrons. The lowest BCUT2D eigenvalue weighted by Gasteiger charge is -2.40. The van der Waals surface area contributed by atoms with Crippen molar-refractivity contribution in [1.29, 1.82) is 0 Å². The molecule has 0 radical (unpaired) electrons. The van der Waals surface area contributed by atoms with E-state index in [1.807, 2.05) is 24.3 Å². The molecule has 18 heavy (non-hydrogen) atoms. The molecule has 1 unspecified atom stereocenters. The van der Waals surface area contributed by atoms with Gasteiger partial charge in [0.1, 0.15) is 0 Å². The summed E-state index contributed by atoms with van der Waals surface area (Å²) in [7, 11) is 0. The summed E-state index contributed by atoms with van der Waals surface area (Å²) in [6.07, 6.45) is -1.10. The molecule has 2 rings (SSSR count). The van der Waals surface area contributed by atoms with Gasteiger partial charge in [0.15, 0.2) is 0 Å². The zero-order valence-corrected chi connectivity index (χ0v) is 9.99. The smallest absolute Gasteiger partial charge is 0.407 e. The molecule has 1 heterocycles. The van der Waals surface area contributed by atoms with E-state index < -0.39 is 12.2 Å². The fraction of sp³-hybridized carbons (Fsp3) is 0.462. The van der Waals surface area contributed by atoms with Crippen LogP contribution in [0.1, 0.15) is 17.2 Å². The van der Waals surface area contributed by atoms with Crippen molar-refractivity contribution >= 4 is 6.09 Å². The third-order valence-corrected chi connectivity index (χ3v) is 3.38. The highest BCUT2D eigenvalue weighted by Gasteiger charge is 2.36. The van der Waals surface area contributed by atoms with Gasteiger partial charge in [-0.1, -0.05) is 24.3 Å². The number of nitrogens with zero attached hydrogens (tertiary/aromatic N) is 1. The number of carboxylic acid groups (broad SMARTS) is 1. The lowest BCUT2D eigenvalue weighted by molar-refractivity contribution is 0.00239. The van der Waals surface area contributed by atoms with Gasteiger partial charge in [0.2, 0.25) is 0 Å². The Hall–Kier alpha value is -1.59. The van der Waals surface area contributed by atoms with Crippen LogP contribution in [0.2, 0.25) is 0 Å². The molecule has 5 heteroatoms. The van der Waals surface area contributed by atoms with Crippen molar-refractivity contribution in [2.45, 2.75) is 12.5 Å². The summed E-state index contributed by atoms with van der Waals surface area (Å²) in [5, 5.41) is 28.0. The zero-order chi connectivity index (χ0) is 13.1. The molecule has 0 bridgehead atoms. The van der Waals surface area contributed by atoms with Gasteiger partial charge >= 0.3 is 6.09 Å². The summed E-state index contributed by atoms with van der Waals surface area (Å²) in [6, 6.07) is 7.42. The van der Waals surface area contributed by atoms with Crippen molar-refractivity contribution < 1.29 is 20.1 Å². The minimum Gasteiger partial charge on any atom is -0.465 e. The maximum Gasteiger partial charge on any atom is 0.407 e. The summed E-state index contributed by atoms with van der Waals surface area (Å²) >= 11 is 0. The second-order valence-corrected chi connectivity index (χ2v) is 4.56. The SMILES string of the molecule is O=C(O)N1CC(C(O)c2ccccc2CCO)C1. The zero-order valence-electron chi connectivity index (χ0n) is 9.99. The van der Waals surface area contributed by atoms with Crippen LogP contribution in [-0.2, 0) is 6.42 Å². The lowest BCUT2D eigenvalue weighted by Crippen LogP contribution is -2.51. The number of hydrogen-bond acceptors (Lipinski definition) is 3. The second kappa shape index (κ2) is 5.37. The van der Waals surface area contributed by atoms with Gasteiger partial charge in [0.05, 0.1) is 6.10 Å². The van der Waals surface area contributed by atoms with E-state index in [2.05, 4.69) is 0 Å². The fourth-order valence-electron chi connectivity index (χ4n) is 2.29. The largest absolute Gasteiger partial charge is 0.465 e. The molecule has 0 spiro atoms. The van der Waals surface area contributed by atoms with Crippen molar-refractivity contribution in [3.05, 3.63) is 35.4 Å². The molecule has 1 aliphatic heterocycles. The van der Waals surface area contributed by atoms with Crippen LogP contribution in [0.15, 0.2) is 24.3 Å². The molecule has 1 saturated heterocycles. The lowest BCUT2D eigenvalue weighted by atomic mass is 9.87. The van der Waals surface area contributed by atoms with Gasteiger partial charge < -0.3 is 20.2 Å². The quantitative estimate of drug-likeness (QED) is 0.741. The van der Waals surface area contributed by atoms with Crippen molar-refractivity contribution in [2.75, 3.05) is 19.7 Å². The first-order valence-corrected chi connectivity index (χ1v) is 5.98. The number of likely N-dealkylation sites (tertiary alicyclic amines) is 1. The Balaban J connectivity index is 2.06. The number of carbonyl (C=O) groups is 1. The second-order valence-electron chi connectivity index (χ2n) is 4.56. The number of hydrogen-bond donors (Lipinski definition) is 3. The van der Waals surface area contributed by atoms with E-state index >= 15 is 0 Å². The molecular weight excluding hydrogens is 234 g/mol. The van der Waals surface area contributed by atoms with E-state index in [1.165, 1.54) is 4.90 Å². The molecule has 1 aromatic carbocycles. The van der Waals surface area contributed by atoms with E-state index in [1.54, 1.807) is 0 Å². The highest BCUT2D eigenvalue weighted by atomic mass is 16.4. The predicted molar refractivity (Wildman–Crippen MR) is 65.3 cm³/mol. The number of benzene rings is 1. The van der Waals surface area contributed by atoms with Gasteiger partial charge in [0, 0.05) is 25.6 Å². The standard InChI is InChI=1S/C13H17NO4/c15-6-5-9-3-1-2-4-11(9)12(16)10-7-14(8-10)13(17)18/h1-4,10,12,15-16H,5-8H2,(H,17,18). The summed E-state index contributed by atoms with van der Waals surface area (Å²) in [5.41, 5.74) is 1.71. The minimum atomic E-state index is -0.943. The normalized spacial score (nSPS) is 17.3. The monoisotopic (exact) mass is 251 g/mol. The predicted octanol–water partition coefficient (Wildman–Crippen LogP) is 0.865. The van der Waals surface area contributed by atoms with Gasteiger partial charge in [-0.15, -0.1) is 0 Å². The van der Waals surface area contributed by atoms with Gasteiger partial charge in [-0.05, 0) is 17.5 Å². The highest BCUT2D eigenvalue weighted by molar-refractivity contribution is 5.66. The van der Waals surface area contributed by atoms with Crippen LogP contribution in [0.3, 0.4) is 0 Å². The van der Waals surface area contributed by atoms with E-state index in [0.29, 0.717) is 19.5 Å². The molecule has 1 aromatic rings. The Labute approximate surface area is 105 Å². The van der Waals surface area contributed by atoms with Crippen LogP contribution in [-0.4, -0.2) is 46.0 Å². The molecule has 0 aliphatic carbocycles. The third kappa shape index (κ3) is 2.47. The molecule has 0 saturated carbocycles. The third-order valence-electron chi connectivity index (χ3n) is 3.38. The molecule has 5 nitrogen and oxygen atoms in total. The van der Waals surface area contributed by atoms with Gasteiger partial charge in [-0.25, -0.2) is 4.79 Å². The van der Waals surface area contributed by atoms with Crippen LogP contribution in [0.5, 0.6) is 0 Å². The molecule has 1 amide bonds. The van der Waals surface area contributed by atoms with E-state index in [9.17, 15) is 9.90 Å². The minimum absolute atomic E-state index is 0.0374. The number of aliphatic hydroxyl groups is 2. The van der Waals surface area contributed by atoms with E-state index in [-0.39, 0.29) is 12.5 Å². The number of rotatable bonds is 4. The average Bonchev–Trinajstić information content (AvgIpc) is 2.27. The van der Waals surface area contributed by atoms with E-state index in [0.717, 1.165) is 11.1 Å². The molecule has 1 fully saturated rings. The molecule has 3 N–H and O–H groups in total. The van der Waals surface area contributed by atoms with Crippen LogP contribution >= 0.6 is 0 Å². The molecule has 1 atom stereocenters. The van der Waals surface area contributed by atoms with Crippen LogP contribution < -0.4 is 0 Å². The summed E-state index contributed by atoms with van der Waals surface area (Å²) in [5.74, 6) is -0.0547. The number of amides is 1. The van der Waals surface area contributed by atoms with Crippen LogP contribution in [0, 0.1) is 5.92 Å². The average molecular weight is 251 g/mol. The van der Waals surface area contributed by atoms with Crippen molar-refractivity contribution in [3.8, 4) is 0 Å². The first kappa shape index (κ1) is 12.9. The van der Waals surface area contributed by atoms with Gasteiger partial charge in [-0.2, -0.15) is 0 Å². The Morgan fingerprint density at radius 3 is 2.67 bits per heavy atom. The summed E-state index contributed by atoms with van der Waals surface area (Å²) in [4.78, 5) is 11.9. The van der Waals surface area contributed by atoms with Gasteiger partial charge in [-0.3, -0.25) is 0 Å². The highest BCUT2D eigenvalue weighted by Crippen LogP contribution is 2.31. The maximum atomic E-state index is 10.7. The fourth-order valence-corrected chi connectivity index (χ4v) is 2.29. The Morgan fingerprint density at radius 2 is 2.06 bits per heavy atom. The first-order chi connectivity index (χ1) is 8.63. The molecular formula is C13H17NO4. The summed E-state index contributed by atoms with van der Waals surface area (Å²) < 4.78 is 0. The van der Waals surface area contributed by atoms with Crippen LogP contribution in [0.25, 0.3) is 0 Å². The van der Waals surface area contributed by atoms with Crippen molar-refractivity contribution in [2.24, 2.45) is 5.92 Å². The van der Waals surface area contributed by atoms with Crippen LogP contribution in [0.4, 0.5) is 4.79 Å². The maximum absolute atomic E-state index is 10.7. The van der Waals surface area contributed by atoms with Gasteiger partial charge in [0.25, 0.3) is 0 Å². The van der Waals surface area contributed by atoms with Crippen molar-refractivity contribution in [1.82, 2.24) is 4.90 Å². The summed E-state index contributed by atoms with van der Waals surface area (Å²) in [6.45, 7) is 0.767.